The summed E-state index contributed by atoms with van der Waals surface area (Å²) in [5.74, 6) is -0.212. The van der Waals surface area contributed by atoms with Gasteiger partial charge in [0.2, 0.25) is 0 Å². The van der Waals surface area contributed by atoms with Crippen LogP contribution in [0, 0.1) is 0 Å². The highest BCUT2D eigenvalue weighted by Gasteiger charge is 2.14. The Kier molecular flexibility index (Phi) is 22.9. The molecule has 4 heteroatoms. The summed E-state index contributed by atoms with van der Waals surface area (Å²) in [7, 11) is 0. The second-order valence-corrected chi connectivity index (χ2v) is 15.0. The third kappa shape index (κ3) is 17.6. The third-order valence-electron chi connectivity index (χ3n) is 10.5. The molecular formula is C48H72O4. The van der Waals surface area contributed by atoms with Gasteiger partial charge >= 0.3 is 5.97 Å². The molecule has 0 aliphatic carbocycles. The molecule has 0 aromatic heterocycles. The van der Waals surface area contributed by atoms with Crippen LogP contribution in [0.15, 0.2) is 66.7 Å². The number of hydrogen-bond acceptors (Lipinski definition) is 3. The molecule has 0 saturated heterocycles. The summed E-state index contributed by atoms with van der Waals surface area (Å²) < 4.78 is 12.2. The number of hydrogen-bond donors (Lipinski definition) is 1. The summed E-state index contributed by atoms with van der Waals surface area (Å²) in [5.41, 5.74) is 5.26. The summed E-state index contributed by atoms with van der Waals surface area (Å²) in [6.07, 6.45) is 30.7. The van der Waals surface area contributed by atoms with Crippen LogP contribution in [0.2, 0.25) is 0 Å². The van der Waals surface area contributed by atoms with Crippen LogP contribution < -0.4 is 4.74 Å². The van der Waals surface area contributed by atoms with Crippen molar-refractivity contribution in [3.8, 4) is 28.0 Å². The van der Waals surface area contributed by atoms with E-state index in [1.165, 1.54) is 134 Å². The van der Waals surface area contributed by atoms with Gasteiger partial charge in [0.1, 0.15) is 5.75 Å². The van der Waals surface area contributed by atoms with E-state index in [4.69, 9.17) is 9.47 Å². The van der Waals surface area contributed by atoms with E-state index < -0.39 is 5.97 Å². The van der Waals surface area contributed by atoms with Gasteiger partial charge in [-0.25, -0.2) is 4.79 Å². The van der Waals surface area contributed by atoms with E-state index in [2.05, 4.69) is 57.2 Å². The molecule has 0 heterocycles. The van der Waals surface area contributed by atoms with Gasteiger partial charge in [0.15, 0.2) is 0 Å². The number of carboxylic acids is 1. The molecule has 3 aromatic rings. The van der Waals surface area contributed by atoms with Crippen LogP contribution in [0.3, 0.4) is 0 Å². The van der Waals surface area contributed by atoms with Gasteiger partial charge in [0, 0.05) is 6.61 Å². The van der Waals surface area contributed by atoms with Gasteiger partial charge in [-0.05, 0) is 65.8 Å². The molecule has 288 valence electrons. The maximum absolute atomic E-state index is 12.0. The Hall–Kier alpha value is -3.11. The molecule has 52 heavy (non-hydrogen) atoms. The summed E-state index contributed by atoms with van der Waals surface area (Å²) >= 11 is 0. The van der Waals surface area contributed by atoms with Gasteiger partial charge < -0.3 is 14.6 Å². The first-order chi connectivity index (χ1) is 25.5. The van der Waals surface area contributed by atoms with Gasteiger partial charge in [-0.15, -0.1) is 0 Å². The van der Waals surface area contributed by atoms with Crippen molar-refractivity contribution < 1.29 is 19.4 Å². The average Bonchev–Trinajstić information content (AvgIpc) is 3.17. The SMILES string of the molecule is CCCCCCCCCCCCCCCCCCOC(C)c1ccc(-c2ccc(-c3cc(OCCCCCCCCC)ccc3C(=O)O)cc2)cc1. The minimum Gasteiger partial charge on any atom is -0.494 e. The molecule has 0 spiro atoms. The number of carboxylic acid groups (broad SMARTS) is 1. The van der Waals surface area contributed by atoms with Crippen molar-refractivity contribution in [2.45, 2.75) is 175 Å². The van der Waals surface area contributed by atoms with Crippen molar-refractivity contribution in [1.29, 1.82) is 0 Å². The van der Waals surface area contributed by atoms with Gasteiger partial charge in [0.25, 0.3) is 0 Å². The molecule has 1 atom stereocenters. The van der Waals surface area contributed by atoms with E-state index in [-0.39, 0.29) is 11.7 Å². The summed E-state index contributed by atoms with van der Waals surface area (Å²) in [6.45, 7) is 8.13. The summed E-state index contributed by atoms with van der Waals surface area (Å²) in [5, 5.41) is 9.88. The molecular weight excluding hydrogens is 641 g/mol. The van der Waals surface area contributed by atoms with E-state index in [0.717, 1.165) is 48.3 Å². The lowest BCUT2D eigenvalue weighted by atomic mass is 9.96. The first kappa shape index (κ1) is 43.3. The van der Waals surface area contributed by atoms with Gasteiger partial charge in [0.05, 0.1) is 18.3 Å². The van der Waals surface area contributed by atoms with Crippen LogP contribution in [0.1, 0.15) is 190 Å². The van der Waals surface area contributed by atoms with Crippen LogP contribution in [0.25, 0.3) is 22.3 Å². The first-order valence-electron chi connectivity index (χ1n) is 21.4. The molecule has 0 aliphatic heterocycles. The predicted octanol–water partition coefficient (Wildman–Crippen LogP) is 15.2. The standard InChI is InChI=1S/C48H72O4/c1-4-6-8-10-12-13-14-15-16-17-18-19-20-22-23-25-37-51-40(3)41-27-29-42(30-28-41)43-31-33-44(34-32-43)47-39-45(35-36-46(47)48(49)50)52-38-26-24-21-11-9-7-5-2/h27-36,39-40H,4-26,37-38H2,1-3H3,(H,49,50). The number of carbonyl (C=O) groups is 1. The number of aromatic carboxylic acids is 1. The average molecular weight is 713 g/mol. The van der Waals surface area contributed by atoms with E-state index >= 15 is 0 Å². The Morgan fingerprint density at radius 1 is 0.519 bits per heavy atom. The van der Waals surface area contributed by atoms with E-state index in [1.54, 1.807) is 12.1 Å². The van der Waals surface area contributed by atoms with Gasteiger partial charge in [-0.3, -0.25) is 0 Å². The van der Waals surface area contributed by atoms with Crippen molar-refractivity contribution in [2.75, 3.05) is 13.2 Å². The molecule has 0 fully saturated rings. The molecule has 0 radical (unpaired) electrons. The summed E-state index contributed by atoms with van der Waals surface area (Å²) in [6, 6.07) is 22.1. The molecule has 4 nitrogen and oxygen atoms in total. The number of rotatable bonds is 31. The molecule has 0 aliphatic rings. The van der Waals surface area contributed by atoms with Gasteiger partial charge in [-0.1, -0.05) is 197 Å². The molecule has 3 rings (SSSR count). The minimum absolute atomic E-state index is 0.0718. The second-order valence-electron chi connectivity index (χ2n) is 15.0. The normalized spacial score (nSPS) is 11.9. The monoisotopic (exact) mass is 713 g/mol. The Labute approximate surface area is 318 Å². The van der Waals surface area contributed by atoms with Crippen LogP contribution >= 0.6 is 0 Å². The highest BCUT2D eigenvalue weighted by molar-refractivity contribution is 5.96. The second kappa shape index (κ2) is 27.5. The number of ether oxygens (including phenoxy) is 2. The quantitative estimate of drug-likeness (QED) is 0.0675. The maximum Gasteiger partial charge on any atom is 0.336 e. The van der Waals surface area contributed by atoms with Crippen LogP contribution in [-0.4, -0.2) is 24.3 Å². The summed E-state index contributed by atoms with van der Waals surface area (Å²) in [4.78, 5) is 12.0. The van der Waals surface area contributed by atoms with Gasteiger partial charge in [-0.2, -0.15) is 0 Å². The maximum atomic E-state index is 12.0. The fourth-order valence-electron chi connectivity index (χ4n) is 7.08. The topological polar surface area (TPSA) is 55.8 Å². The first-order valence-corrected chi connectivity index (χ1v) is 21.4. The van der Waals surface area contributed by atoms with Crippen LogP contribution in [0.5, 0.6) is 5.75 Å². The molecule has 0 amide bonds. The lowest BCUT2D eigenvalue weighted by molar-refractivity contribution is 0.0627. The van der Waals surface area contributed by atoms with Crippen LogP contribution in [-0.2, 0) is 4.74 Å². The molecule has 1 N–H and O–H groups in total. The highest BCUT2D eigenvalue weighted by atomic mass is 16.5. The number of unbranched alkanes of at least 4 members (excludes halogenated alkanes) is 21. The smallest absolute Gasteiger partial charge is 0.336 e. The van der Waals surface area contributed by atoms with Crippen molar-refractivity contribution in [3.05, 3.63) is 77.9 Å². The van der Waals surface area contributed by atoms with Crippen molar-refractivity contribution >= 4 is 5.97 Å². The van der Waals surface area contributed by atoms with Crippen LogP contribution in [0.4, 0.5) is 0 Å². The van der Waals surface area contributed by atoms with E-state index in [9.17, 15) is 9.90 Å². The van der Waals surface area contributed by atoms with E-state index in [0.29, 0.717) is 12.2 Å². The third-order valence-corrected chi connectivity index (χ3v) is 10.5. The Balaban J connectivity index is 1.33. The highest BCUT2D eigenvalue weighted by Crippen LogP contribution is 2.31. The predicted molar refractivity (Wildman–Crippen MR) is 222 cm³/mol. The van der Waals surface area contributed by atoms with E-state index in [1.807, 2.05) is 18.2 Å². The largest absolute Gasteiger partial charge is 0.494 e. The fraction of sp³-hybridized carbons (Fsp3) is 0.604. The molecule has 1 unspecified atom stereocenters. The zero-order valence-electron chi connectivity index (χ0n) is 33.3. The Morgan fingerprint density at radius 3 is 1.38 bits per heavy atom. The molecule has 0 saturated carbocycles. The zero-order valence-corrected chi connectivity index (χ0v) is 33.3. The fourth-order valence-corrected chi connectivity index (χ4v) is 7.08. The van der Waals surface area contributed by atoms with Crippen molar-refractivity contribution in [3.63, 3.8) is 0 Å². The lowest BCUT2D eigenvalue weighted by Gasteiger charge is -2.14. The Bertz CT molecular complexity index is 1330. The number of benzene rings is 3. The van der Waals surface area contributed by atoms with Crippen molar-refractivity contribution in [1.82, 2.24) is 0 Å². The molecule has 3 aromatic carbocycles. The zero-order chi connectivity index (χ0) is 37.1. The molecule has 0 bridgehead atoms. The lowest BCUT2D eigenvalue weighted by Crippen LogP contribution is -2.02. The Morgan fingerprint density at radius 2 is 0.923 bits per heavy atom. The van der Waals surface area contributed by atoms with Crippen molar-refractivity contribution in [2.24, 2.45) is 0 Å². The minimum atomic E-state index is -0.931.